The van der Waals surface area contributed by atoms with Crippen molar-refractivity contribution < 1.29 is 0 Å². The zero-order valence-electron chi connectivity index (χ0n) is 13.3. The molecule has 21 heavy (non-hydrogen) atoms. The van der Waals surface area contributed by atoms with Crippen LogP contribution in [0.5, 0.6) is 0 Å². The lowest BCUT2D eigenvalue weighted by Gasteiger charge is -2.22. The van der Waals surface area contributed by atoms with E-state index in [0.717, 1.165) is 19.5 Å². The molecular weight excluding hydrogens is 256 g/mol. The Morgan fingerprint density at radius 3 is 2.29 bits per heavy atom. The minimum Gasteiger partial charge on any atom is -0.309 e. The summed E-state index contributed by atoms with van der Waals surface area (Å²) in [5, 5.41) is 3.72. The van der Waals surface area contributed by atoms with Crippen molar-refractivity contribution in [3.63, 3.8) is 0 Å². The van der Waals surface area contributed by atoms with E-state index in [2.05, 4.69) is 85.8 Å². The molecule has 2 heteroatoms. The van der Waals surface area contributed by atoms with Crippen LogP contribution < -0.4 is 5.32 Å². The van der Waals surface area contributed by atoms with Crippen molar-refractivity contribution in [2.45, 2.75) is 19.4 Å². The molecule has 0 bridgehead atoms. The van der Waals surface area contributed by atoms with Crippen LogP contribution in [0.15, 0.2) is 54.6 Å². The second-order valence-corrected chi connectivity index (χ2v) is 5.81. The molecule has 0 fully saturated rings. The number of nitrogens with zero attached hydrogens (tertiary/aromatic N) is 1. The number of hydrogen-bond donors (Lipinski definition) is 1. The number of nitrogens with one attached hydrogen (secondary N) is 1. The van der Waals surface area contributed by atoms with Crippen molar-refractivity contribution in [3.8, 4) is 0 Å². The van der Waals surface area contributed by atoms with Gasteiger partial charge >= 0.3 is 0 Å². The molecule has 0 aliphatic rings. The fourth-order valence-electron chi connectivity index (χ4n) is 2.61. The third-order valence-corrected chi connectivity index (χ3v) is 3.76. The maximum atomic E-state index is 3.72. The van der Waals surface area contributed by atoms with Gasteiger partial charge in [-0.25, -0.2) is 0 Å². The maximum absolute atomic E-state index is 3.72. The first kappa shape index (κ1) is 15.7. The Hall–Kier alpha value is -1.64. The minimum absolute atomic E-state index is 0.273. The van der Waals surface area contributed by atoms with E-state index in [0.29, 0.717) is 0 Å². The number of hydrogen-bond acceptors (Lipinski definition) is 2. The first-order valence-corrected chi connectivity index (χ1v) is 7.67. The Balaban J connectivity index is 2.14. The molecule has 0 heterocycles. The van der Waals surface area contributed by atoms with Gasteiger partial charge in [-0.15, -0.1) is 0 Å². The molecule has 0 spiro atoms. The lowest BCUT2D eigenvalue weighted by molar-refractivity contribution is 0.391. The first-order chi connectivity index (χ1) is 10.2. The standard InChI is InChI=1S/C19H26N2/c1-16-10-7-8-13-18(16)19(17-11-5-4-6-12-17)20-14-9-15-21(2)3/h4-8,10-13,19-20H,9,14-15H2,1-3H3. The van der Waals surface area contributed by atoms with Crippen LogP contribution in [0.3, 0.4) is 0 Å². The maximum Gasteiger partial charge on any atom is 0.0579 e. The summed E-state index contributed by atoms with van der Waals surface area (Å²) in [4.78, 5) is 2.23. The second kappa shape index (κ2) is 7.96. The van der Waals surface area contributed by atoms with Crippen molar-refractivity contribution in [3.05, 3.63) is 71.3 Å². The quantitative estimate of drug-likeness (QED) is 0.780. The van der Waals surface area contributed by atoms with Gasteiger partial charge in [0.05, 0.1) is 6.04 Å². The zero-order chi connectivity index (χ0) is 15.1. The second-order valence-electron chi connectivity index (χ2n) is 5.81. The van der Waals surface area contributed by atoms with Gasteiger partial charge in [0.15, 0.2) is 0 Å². The van der Waals surface area contributed by atoms with Crippen LogP contribution in [-0.2, 0) is 0 Å². The molecule has 0 saturated heterocycles. The highest BCUT2D eigenvalue weighted by atomic mass is 15.1. The monoisotopic (exact) mass is 282 g/mol. The molecule has 2 aromatic carbocycles. The van der Waals surface area contributed by atoms with Crippen LogP contribution in [-0.4, -0.2) is 32.1 Å². The molecule has 1 N–H and O–H groups in total. The Labute approximate surface area is 128 Å². The van der Waals surface area contributed by atoms with E-state index >= 15 is 0 Å². The van der Waals surface area contributed by atoms with Crippen LogP contribution in [0.2, 0.25) is 0 Å². The van der Waals surface area contributed by atoms with Crippen LogP contribution >= 0.6 is 0 Å². The average Bonchev–Trinajstić information content (AvgIpc) is 2.49. The molecule has 0 aromatic heterocycles. The average molecular weight is 282 g/mol. The lowest BCUT2D eigenvalue weighted by atomic mass is 9.95. The molecule has 0 saturated carbocycles. The normalized spacial score (nSPS) is 12.6. The smallest absolute Gasteiger partial charge is 0.0579 e. The highest BCUT2D eigenvalue weighted by Crippen LogP contribution is 2.24. The number of rotatable bonds is 7. The third-order valence-electron chi connectivity index (χ3n) is 3.76. The molecule has 0 aliphatic carbocycles. The van der Waals surface area contributed by atoms with Gasteiger partial charge in [-0.3, -0.25) is 0 Å². The third kappa shape index (κ3) is 4.69. The molecule has 2 nitrogen and oxygen atoms in total. The van der Waals surface area contributed by atoms with E-state index in [1.807, 2.05) is 0 Å². The first-order valence-electron chi connectivity index (χ1n) is 7.67. The van der Waals surface area contributed by atoms with Crippen LogP contribution in [0.25, 0.3) is 0 Å². The molecule has 2 aromatic rings. The summed E-state index contributed by atoms with van der Waals surface area (Å²) in [6.45, 7) is 4.32. The van der Waals surface area contributed by atoms with Gasteiger partial charge in [-0.2, -0.15) is 0 Å². The highest BCUT2D eigenvalue weighted by Gasteiger charge is 2.14. The van der Waals surface area contributed by atoms with E-state index in [9.17, 15) is 0 Å². The summed E-state index contributed by atoms with van der Waals surface area (Å²) in [5.74, 6) is 0. The summed E-state index contributed by atoms with van der Waals surface area (Å²) < 4.78 is 0. The molecule has 112 valence electrons. The Morgan fingerprint density at radius 1 is 0.952 bits per heavy atom. The Kier molecular flexibility index (Phi) is 5.97. The summed E-state index contributed by atoms with van der Waals surface area (Å²) in [7, 11) is 4.24. The Bertz CT molecular complexity index is 534. The zero-order valence-corrected chi connectivity index (χ0v) is 13.3. The van der Waals surface area contributed by atoms with Gasteiger partial charge in [-0.1, -0.05) is 54.6 Å². The molecule has 1 atom stereocenters. The molecule has 0 aliphatic heterocycles. The van der Waals surface area contributed by atoms with Crippen molar-refractivity contribution >= 4 is 0 Å². The fourth-order valence-corrected chi connectivity index (χ4v) is 2.61. The van der Waals surface area contributed by atoms with E-state index < -0.39 is 0 Å². The Morgan fingerprint density at radius 2 is 1.62 bits per heavy atom. The van der Waals surface area contributed by atoms with E-state index in [4.69, 9.17) is 0 Å². The number of aryl methyl sites for hydroxylation is 1. The minimum atomic E-state index is 0.273. The molecule has 0 amide bonds. The predicted molar refractivity (Wildman–Crippen MR) is 90.6 cm³/mol. The summed E-state index contributed by atoms with van der Waals surface area (Å²) >= 11 is 0. The highest BCUT2D eigenvalue weighted by molar-refractivity contribution is 5.36. The van der Waals surface area contributed by atoms with Crippen molar-refractivity contribution in [2.24, 2.45) is 0 Å². The SMILES string of the molecule is Cc1ccccc1C(NCCCN(C)C)c1ccccc1. The molecule has 1 unspecified atom stereocenters. The molecular formula is C19H26N2. The van der Waals surface area contributed by atoms with Gasteiger partial charge < -0.3 is 10.2 Å². The summed E-state index contributed by atoms with van der Waals surface area (Å²) in [6, 6.07) is 19.6. The largest absolute Gasteiger partial charge is 0.309 e. The van der Waals surface area contributed by atoms with Gasteiger partial charge in [0.1, 0.15) is 0 Å². The number of benzene rings is 2. The van der Waals surface area contributed by atoms with Gasteiger partial charge in [0.2, 0.25) is 0 Å². The predicted octanol–water partition coefficient (Wildman–Crippen LogP) is 3.63. The van der Waals surface area contributed by atoms with Crippen LogP contribution in [0, 0.1) is 6.92 Å². The van der Waals surface area contributed by atoms with Gasteiger partial charge in [0, 0.05) is 0 Å². The van der Waals surface area contributed by atoms with Gasteiger partial charge in [0.25, 0.3) is 0 Å². The van der Waals surface area contributed by atoms with Crippen molar-refractivity contribution in [2.75, 3.05) is 27.2 Å². The summed E-state index contributed by atoms with van der Waals surface area (Å²) in [5.41, 5.74) is 4.04. The molecule has 2 rings (SSSR count). The summed E-state index contributed by atoms with van der Waals surface area (Å²) in [6.07, 6.45) is 1.15. The van der Waals surface area contributed by atoms with Crippen LogP contribution in [0.1, 0.15) is 29.2 Å². The molecule has 0 radical (unpaired) electrons. The van der Waals surface area contributed by atoms with Crippen molar-refractivity contribution in [1.82, 2.24) is 10.2 Å². The van der Waals surface area contributed by atoms with E-state index in [-0.39, 0.29) is 6.04 Å². The topological polar surface area (TPSA) is 15.3 Å². The van der Waals surface area contributed by atoms with Crippen LogP contribution in [0.4, 0.5) is 0 Å². The van der Waals surface area contributed by atoms with E-state index in [1.165, 1.54) is 16.7 Å². The van der Waals surface area contributed by atoms with Crippen molar-refractivity contribution in [1.29, 1.82) is 0 Å². The van der Waals surface area contributed by atoms with Gasteiger partial charge in [-0.05, 0) is 57.2 Å². The fraction of sp³-hybridized carbons (Fsp3) is 0.368. The lowest BCUT2D eigenvalue weighted by Crippen LogP contribution is -2.26. The van der Waals surface area contributed by atoms with E-state index in [1.54, 1.807) is 0 Å².